The van der Waals surface area contributed by atoms with E-state index in [2.05, 4.69) is 20.8 Å². The molecule has 1 N–H and O–H groups in total. The molecular weight excluding hydrogens is 292 g/mol. The van der Waals surface area contributed by atoms with Crippen LogP contribution in [0.3, 0.4) is 0 Å². The number of hydrogen-bond acceptors (Lipinski definition) is 5. The van der Waals surface area contributed by atoms with Gasteiger partial charge in [-0.25, -0.2) is 4.68 Å². The van der Waals surface area contributed by atoms with Crippen molar-refractivity contribution in [3.8, 4) is 5.69 Å². The summed E-state index contributed by atoms with van der Waals surface area (Å²) in [5.74, 6) is 0.224. The maximum atomic E-state index is 12.5. The molecule has 2 fully saturated rings. The lowest BCUT2D eigenvalue weighted by Gasteiger charge is -2.48. The molecule has 2 saturated heterocycles. The predicted molar refractivity (Wildman–Crippen MR) is 84.0 cm³/mol. The fraction of sp³-hybridized carbons (Fsp3) is 0.500. The van der Waals surface area contributed by atoms with Gasteiger partial charge in [-0.1, -0.05) is 12.1 Å². The standard InChI is InChI=1S/C16H20N6O/c23-15(21-7-5-16(6-8-21)10-17-11-16)9-13-1-3-14(4-2-13)22-12-18-19-20-22/h1-4,12,17H,5-11H2. The minimum absolute atomic E-state index is 0.224. The molecule has 2 aliphatic heterocycles. The monoisotopic (exact) mass is 312 g/mol. The average molecular weight is 312 g/mol. The highest BCUT2D eigenvalue weighted by molar-refractivity contribution is 5.79. The molecule has 0 aliphatic carbocycles. The van der Waals surface area contributed by atoms with Crippen LogP contribution in [0.5, 0.6) is 0 Å². The number of nitrogens with one attached hydrogen (secondary N) is 1. The van der Waals surface area contributed by atoms with Gasteiger partial charge in [-0.3, -0.25) is 4.79 Å². The zero-order chi connectivity index (χ0) is 15.7. The van der Waals surface area contributed by atoms with Crippen molar-refractivity contribution in [3.63, 3.8) is 0 Å². The molecule has 7 heteroatoms. The minimum Gasteiger partial charge on any atom is -0.342 e. The van der Waals surface area contributed by atoms with Crippen LogP contribution < -0.4 is 5.32 Å². The molecule has 0 saturated carbocycles. The second-order valence-electron chi connectivity index (χ2n) is 6.58. The largest absolute Gasteiger partial charge is 0.342 e. The summed E-state index contributed by atoms with van der Waals surface area (Å²) < 4.78 is 1.60. The molecule has 1 aromatic carbocycles. The Hall–Kier alpha value is -2.28. The van der Waals surface area contributed by atoms with Crippen molar-refractivity contribution < 1.29 is 4.79 Å². The Morgan fingerprint density at radius 3 is 2.48 bits per heavy atom. The van der Waals surface area contributed by atoms with Crippen LogP contribution in [-0.2, 0) is 11.2 Å². The van der Waals surface area contributed by atoms with Crippen LogP contribution >= 0.6 is 0 Å². The Morgan fingerprint density at radius 1 is 1.17 bits per heavy atom. The summed E-state index contributed by atoms with van der Waals surface area (Å²) in [5.41, 5.74) is 2.39. The zero-order valence-corrected chi connectivity index (χ0v) is 13.0. The first-order valence-electron chi connectivity index (χ1n) is 8.05. The topological polar surface area (TPSA) is 75.9 Å². The van der Waals surface area contributed by atoms with E-state index in [0.29, 0.717) is 11.8 Å². The number of tetrazole rings is 1. The molecule has 2 aliphatic rings. The molecule has 0 radical (unpaired) electrons. The van der Waals surface area contributed by atoms with E-state index in [1.165, 1.54) is 0 Å². The van der Waals surface area contributed by atoms with Gasteiger partial charge in [0, 0.05) is 26.2 Å². The molecule has 1 aromatic heterocycles. The van der Waals surface area contributed by atoms with E-state index in [1.807, 2.05) is 29.2 Å². The number of benzene rings is 1. The van der Waals surface area contributed by atoms with Crippen LogP contribution in [0.4, 0.5) is 0 Å². The summed E-state index contributed by atoms with van der Waals surface area (Å²) in [6.07, 6.45) is 4.27. The number of carbonyl (C=O) groups is 1. The lowest BCUT2D eigenvalue weighted by Crippen LogP contribution is -2.58. The number of hydrogen-bond donors (Lipinski definition) is 1. The summed E-state index contributed by atoms with van der Waals surface area (Å²) in [6.45, 7) is 4.02. The van der Waals surface area contributed by atoms with Gasteiger partial charge in [-0.15, -0.1) is 5.10 Å². The highest BCUT2D eigenvalue weighted by Crippen LogP contribution is 2.35. The number of amides is 1. The van der Waals surface area contributed by atoms with Gasteiger partial charge in [0.05, 0.1) is 12.1 Å². The van der Waals surface area contributed by atoms with Crippen molar-refractivity contribution in [2.24, 2.45) is 5.41 Å². The zero-order valence-electron chi connectivity index (χ0n) is 13.0. The van der Waals surface area contributed by atoms with Gasteiger partial charge in [0.25, 0.3) is 0 Å². The Morgan fingerprint density at radius 2 is 1.91 bits per heavy atom. The molecule has 3 heterocycles. The summed E-state index contributed by atoms with van der Waals surface area (Å²) in [4.78, 5) is 14.5. The van der Waals surface area contributed by atoms with Crippen LogP contribution in [-0.4, -0.2) is 57.2 Å². The number of likely N-dealkylation sites (tertiary alicyclic amines) is 1. The molecule has 120 valence electrons. The molecule has 1 amide bonds. The SMILES string of the molecule is O=C(Cc1ccc(-n2cnnn2)cc1)N1CCC2(CC1)CNC2. The highest BCUT2D eigenvalue weighted by Gasteiger charge is 2.40. The van der Waals surface area contributed by atoms with Crippen molar-refractivity contribution in [3.05, 3.63) is 36.2 Å². The first-order valence-corrected chi connectivity index (χ1v) is 8.05. The molecule has 0 unspecified atom stereocenters. The van der Waals surface area contributed by atoms with Gasteiger partial charge >= 0.3 is 0 Å². The normalized spacial score (nSPS) is 19.6. The van der Waals surface area contributed by atoms with E-state index >= 15 is 0 Å². The maximum absolute atomic E-state index is 12.5. The van der Waals surface area contributed by atoms with Gasteiger partial charge in [0.2, 0.25) is 5.91 Å². The molecular formula is C16H20N6O. The fourth-order valence-corrected chi connectivity index (χ4v) is 3.40. The third-order valence-electron chi connectivity index (χ3n) is 5.08. The quantitative estimate of drug-likeness (QED) is 0.889. The first-order chi connectivity index (χ1) is 11.2. The first kappa shape index (κ1) is 14.3. The summed E-state index contributed by atoms with van der Waals surface area (Å²) >= 11 is 0. The van der Waals surface area contributed by atoms with E-state index in [4.69, 9.17) is 0 Å². The number of rotatable bonds is 3. The van der Waals surface area contributed by atoms with Crippen molar-refractivity contribution in [2.75, 3.05) is 26.2 Å². The van der Waals surface area contributed by atoms with E-state index in [0.717, 1.165) is 50.3 Å². The van der Waals surface area contributed by atoms with Crippen LogP contribution in [0.25, 0.3) is 5.69 Å². The lowest BCUT2D eigenvalue weighted by atomic mass is 9.73. The summed E-state index contributed by atoms with van der Waals surface area (Å²) in [6, 6.07) is 7.81. The van der Waals surface area contributed by atoms with Crippen LogP contribution in [0.15, 0.2) is 30.6 Å². The maximum Gasteiger partial charge on any atom is 0.226 e. The Kier molecular flexibility index (Phi) is 3.57. The van der Waals surface area contributed by atoms with Crippen molar-refractivity contribution >= 4 is 5.91 Å². The number of piperidine rings is 1. The second-order valence-corrected chi connectivity index (χ2v) is 6.58. The van der Waals surface area contributed by atoms with Gasteiger partial charge < -0.3 is 10.2 Å². The third kappa shape index (κ3) is 2.84. The Bertz CT molecular complexity index is 667. The van der Waals surface area contributed by atoms with Gasteiger partial charge in [-0.05, 0) is 46.4 Å². The molecule has 2 aromatic rings. The molecule has 0 atom stereocenters. The Labute approximate surface area is 134 Å². The van der Waals surface area contributed by atoms with Crippen LogP contribution in [0.1, 0.15) is 18.4 Å². The van der Waals surface area contributed by atoms with E-state index in [-0.39, 0.29) is 5.91 Å². The fourth-order valence-electron chi connectivity index (χ4n) is 3.40. The number of aromatic nitrogens is 4. The van der Waals surface area contributed by atoms with E-state index in [9.17, 15) is 4.79 Å². The van der Waals surface area contributed by atoms with Gasteiger partial charge in [-0.2, -0.15) is 0 Å². The van der Waals surface area contributed by atoms with Gasteiger partial charge in [0.15, 0.2) is 0 Å². The van der Waals surface area contributed by atoms with Crippen molar-refractivity contribution in [2.45, 2.75) is 19.3 Å². The van der Waals surface area contributed by atoms with Crippen LogP contribution in [0, 0.1) is 5.41 Å². The minimum atomic E-state index is 0.224. The molecule has 1 spiro atoms. The molecule has 7 nitrogen and oxygen atoms in total. The van der Waals surface area contributed by atoms with Crippen LogP contribution in [0.2, 0.25) is 0 Å². The lowest BCUT2D eigenvalue weighted by molar-refractivity contribution is -0.133. The smallest absolute Gasteiger partial charge is 0.226 e. The van der Waals surface area contributed by atoms with E-state index < -0.39 is 0 Å². The van der Waals surface area contributed by atoms with Crippen molar-refractivity contribution in [1.82, 2.24) is 30.4 Å². The predicted octanol–water partition coefficient (Wildman–Crippen LogP) is 0.417. The summed E-state index contributed by atoms with van der Waals surface area (Å²) in [7, 11) is 0. The molecule has 0 bridgehead atoms. The molecule has 23 heavy (non-hydrogen) atoms. The second kappa shape index (κ2) is 5.73. The third-order valence-corrected chi connectivity index (χ3v) is 5.08. The highest BCUT2D eigenvalue weighted by atomic mass is 16.2. The average Bonchev–Trinajstić information content (AvgIpc) is 3.09. The van der Waals surface area contributed by atoms with Gasteiger partial charge in [0.1, 0.15) is 6.33 Å². The summed E-state index contributed by atoms with van der Waals surface area (Å²) in [5, 5.41) is 14.4. The molecule has 4 rings (SSSR count). The Balaban J connectivity index is 1.35. The van der Waals surface area contributed by atoms with E-state index in [1.54, 1.807) is 11.0 Å². The number of carbonyl (C=O) groups excluding carboxylic acids is 1. The van der Waals surface area contributed by atoms with Crippen molar-refractivity contribution in [1.29, 1.82) is 0 Å². The number of nitrogens with zero attached hydrogens (tertiary/aromatic N) is 5.